The minimum absolute atomic E-state index is 0. The van der Waals surface area contributed by atoms with Crippen molar-refractivity contribution in [2.45, 2.75) is 50.1 Å². The summed E-state index contributed by atoms with van der Waals surface area (Å²) >= 11 is 0. The smallest absolute Gasteiger partial charge is 0.240 e. The van der Waals surface area contributed by atoms with Gasteiger partial charge in [0.1, 0.15) is 0 Å². The van der Waals surface area contributed by atoms with E-state index in [1.165, 1.54) is 0 Å². The highest BCUT2D eigenvalue weighted by atomic mass is 35.5. The molecule has 21 heavy (non-hydrogen) atoms. The molecule has 2 rings (SSSR count). The molecular weight excluding hydrogens is 313 g/mol. The monoisotopic (exact) mass is 341 g/mol. The molecule has 2 aliphatic rings. The van der Waals surface area contributed by atoms with E-state index in [0.29, 0.717) is 6.04 Å². The molecule has 0 aromatic rings. The number of methoxy groups -OCH3 is 1. The molecule has 126 valence electrons. The van der Waals surface area contributed by atoms with Crippen molar-refractivity contribution >= 4 is 30.7 Å². The van der Waals surface area contributed by atoms with Gasteiger partial charge in [0.25, 0.3) is 0 Å². The zero-order valence-electron chi connectivity index (χ0n) is 12.8. The normalized spacial score (nSPS) is 22.2. The summed E-state index contributed by atoms with van der Waals surface area (Å²) in [5, 5.41) is 3.16. The van der Waals surface area contributed by atoms with Crippen LogP contribution in [0.2, 0.25) is 0 Å². The standard InChI is InChI=1S/C14H27N3O2.2ClH/c1-19-11-10-17-8-4-12(5-9-17)16-13(18)14(15)6-2-3-7-14;;/h12H,2-11,15H2,1H3,(H,16,18);2*1H. The summed E-state index contributed by atoms with van der Waals surface area (Å²) < 4.78 is 5.09. The van der Waals surface area contributed by atoms with E-state index < -0.39 is 5.54 Å². The quantitative estimate of drug-likeness (QED) is 0.791. The van der Waals surface area contributed by atoms with Gasteiger partial charge in [0.15, 0.2) is 0 Å². The van der Waals surface area contributed by atoms with E-state index in [9.17, 15) is 4.79 Å². The van der Waals surface area contributed by atoms with E-state index in [1.807, 2.05) is 0 Å². The number of amides is 1. The number of hydrogen-bond acceptors (Lipinski definition) is 4. The highest BCUT2D eigenvalue weighted by Gasteiger charge is 2.38. The maximum Gasteiger partial charge on any atom is 0.240 e. The topological polar surface area (TPSA) is 67.6 Å². The van der Waals surface area contributed by atoms with Gasteiger partial charge in [0.2, 0.25) is 5.91 Å². The molecule has 1 saturated carbocycles. The third kappa shape index (κ3) is 5.91. The van der Waals surface area contributed by atoms with Crippen LogP contribution in [0.5, 0.6) is 0 Å². The van der Waals surface area contributed by atoms with E-state index in [4.69, 9.17) is 10.5 Å². The predicted molar refractivity (Wildman–Crippen MR) is 89.4 cm³/mol. The first-order chi connectivity index (χ1) is 9.14. The number of ether oxygens (including phenoxy) is 1. The van der Waals surface area contributed by atoms with Crippen LogP contribution >= 0.6 is 24.8 Å². The van der Waals surface area contributed by atoms with Gasteiger partial charge in [-0.05, 0) is 25.7 Å². The first kappa shape index (κ1) is 20.9. The Morgan fingerprint density at radius 2 is 1.86 bits per heavy atom. The summed E-state index contributed by atoms with van der Waals surface area (Å²) in [7, 11) is 1.73. The summed E-state index contributed by atoms with van der Waals surface area (Å²) in [6, 6.07) is 0.298. The van der Waals surface area contributed by atoms with Crippen LogP contribution in [0.25, 0.3) is 0 Å². The Morgan fingerprint density at radius 1 is 1.29 bits per heavy atom. The van der Waals surface area contributed by atoms with Crippen LogP contribution in [0.15, 0.2) is 0 Å². The minimum Gasteiger partial charge on any atom is -0.383 e. The summed E-state index contributed by atoms with van der Waals surface area (Å²) in [5.41, 5.74) is 5.58. The lowest BCUT2D eigenvalue weighted by Gasteiger charge is -2.34. The molecule has 1 amide bonds. The van der Waals surface area contributed by atoms with Crippen molar-refractivity contribution in [3.63, 3.8) is 0 Å². The molecule has 7 heteroatoms. The molecule has 0 radical (unpaired) electrons. The van der Waals surface area contributed by atoms with Gasteiger partial charge >= 0.3 is 0 Å². The molecule has 1 aliphatic heterocycles. The molecule has 0 bridgehead atoms. The highest BCUT2D eigenvalue weighted by Crippen LogP contribution is 2.27. The Kier molecular flexibility index (Phi) is 9.81. The first-order valence-electron chi connectivity index (χ1n) is 7.45. The van der Waals surface area contributed by atoms with Crippen LogP contribution in [0.4, 0.5) is 0 Å². The number of nitrogens with two attached hydrogens (primary N) is 1. The average Bonchev–Trinajstić information content (AvgIpc) is 2.86. The first-order valence-corrected chi connectivity index (χ1v) is 7.45. The molecule has 0 unspecified atom stereocenters. The molecule has 0 atom stereocenters. The van der Waals surface area contributed by atoms with Crippen molar-refractivity contribution in [3.05, 3.63) is 0 Å². The van der Waals surface area contributed by atoms with Crippen molar-refractivity contribution in [2.24, 2.45) is 5.73 Å². The van der Waals surface area contributed by atoms with E-state index >= 15 is 0 Å². The number of carbonyl (C=O) groups excluding carboxylic acids is 1. The molecule has 1 saturated heterocycles. The van der Waals surface area contributed by atoms with Gasteiger partial charge in [-0.25, -0.2) is 0 Å². The second-order valence-electron chi connectivity index (χ2n) is 5.95. The fourth-order valence-electron chi connectivity index (χ4n) is 3.08. The van der Waals surface area contributed by atoms with Crippen LogP contribution < -0.4 is 11.1 Å². The lowest BCUT2D eigenvalue weighted by atomic mass is 9.96. The van der Waals surface area contributed by atoms with Crippen molar-refractivity contribution in [3.8, 4) is 0 Å². The number of rotatable bonds is 5. The maximum absolute atomic E-state index is 12.2. The molecule has 1 aliphatic carbocycles. The second kappa shape index (κ2) is 9.85. The average molecular weight is 342 g/mol. The van der Waals surface area contributed by atoms with Gasteiger partial charge in [-0.3, -0.25) is 4.79 Å². The van der Waals surface area contributed by atoms with Crippen LogP contribution in [0.1, 0.15) is 38.5 Å². The van der Waals surface area contributed by atoms with Gasteiger partial charge < -0.3 is 20.7 Å². The molecular formula is C14H29Cl2N3O2. The van der Waals surface area contributed by atoms with Crippen LogP contribution in [-0.4, -0.2) is 55.7 Å². The largest absolute Gasteiger partial charge is 0.383 e. The summed E-state index contributed by atoms with van der Waals surface area (Å²) in [6.45, 7) is 3.83. The highest BCUT2D eigenvalue weighted by molar-refractivity contribution is 5.86. The van der Waals surface area contributed by atoms with E-state index in [2.05, 4.69) is 10.2 Å². The molecule has 0 spiro atoms. The van der Waals surface area contributed by atoms with E-state index in [0.717, 1.165) is 64.8 Å². The van der Waals surface area contributed by atoms with E-state index in [1.54, 1.807) is 7.11 Å². The number of nitrogens with one attached hydrogen (secondary N) is 1. The van der Waals surface area contributed by atoms with Gasteiger partial charge in [-0.1, -0.05) is 12.8 Å². The molecule has 1 heterocycles. The van der Waals surface area contributed by atoms with Crippen molar-refractivity contribution in [2.75, 3.05) is 33.4 Å². The Morgan fingerprint density at radius 3 is 2.38 bits per heavy atom. The Labute approximate surface area is 140 Å². The zero-order chi connectivity index (χ0) is 13.7. The fourth-order valence-corrected chi connectivity index (χ4v) is 3.08. The van der Waals surface area contributed by atoms with Gasteiger partial charge in [0.05, 0.1) is 12.1 Å². The summed E-state index contributed by atoms with van der Waals surface area (Å²) in [5.74, 6) is 0.0698. The SMILES string of the molecule is COCCN1CCC(NC(=O)C2(N)CCCC2)CC1.Cl.Cl. The molecule has 0 aromatic carbocycles. The van der Waals surface area contributed by atoms with Crippen molar-refractivity contribution in [1.29, 1.82) is 0 Å². The third-order valence-electron chi connectivity index (χ3n) is 4.48. The molecule has 5 nitrogen and oxygen atoms in total. The number of piperidine rings is 1. The maximum atomic E-state index is 12.2. The van der Waals surface area contributed by atoms with Gasteiger partial charge in [0, 0.05) is 32.8 Å². The van der Waals surface area contributed by atoms with E-state index in [-0.39, 0.29) is 30.7 Å². The van der Waals surface area contributed by atoms with Crippen molar-refractivity contribution < 1.29 is 9.53 Å². The zero-order valence-corrected chi connectivity index (χ0v) is 14.4. The van der Waals surface area contributed by atoms with Gasteiger partial charge in [-0.15, -0.1) is 24.8 Å². The molecule has 0 aromatic heterocycles. The lowest BCUT2D eigenvalue weighted by molar-refractivity contribution is -0.127. The predicted octanol–water partition coefficient (Wildman–Crippen LogP) is 1.33. The molecule has 3 N–H and O–H groups in total. The third-order valence-corrected chi connectivity index (χ3v) is 4.48. The van der Waals surface area contributed by atoms with Crippen LogP contribution in [-0.2, 0) is 9.53 Å². The number of carbonyl (C=O) groups is 1. The number of hydrogen-bond donors (Lipinski definition) is 2. The molecule has 2 fully saturated rings. The Balaban J connectivity index is 0.00000200. The number of halogens is 2. The van der Waals surface area contributed by atoms with Crippen molar-refractivity contribution in [1.82, 2.24) is 10.2 Å². The number of nitrogens with zero attached hydrogens (tertiary/aromatic N) is 1. The van der Waals surface area contributed by atoms with Gasteiger partial charge in [-0.2, -0.15) is 0 Å². The Bertz CT molecular complexity index is 305. The van der Waals surface area contributed by atoms with Crippen LogP contribution in [0, 0.1) is 0 Å². The lowest BCUT2D eigenvalue weighted by Crippen LogP contribution is -2.56. The summed E-state index contributed by atoms with van der Waals surface area (Å²) in [4.78, 5) is 14.6. The summed E-state index contributed by atoms with van der Waals surface area (Å²) in [6.07, 6.45) is 5.88. The minimum atomic E-state index is -0.590. The second-order valence-corrected chi connectivity index (χ2v) is 5.95. The number of likely N-dealkylation sites (tertiary alicyclic amines) is 1. The van der Waals surface area contributed by atoms with Crippen LogP contribution in [0.3, 0.4) is 0 Å². The Hall–Kier alpha value is -0.0700. The fraction of sp³-hybridized carbons (Fsp3) is 0.929.